The van der Waals surface area contributed by atoms with Gasteiger partial charge in [-0.3, -0.25) is 0 Å². The molecule has 0 saturated carbocycles. The van der Waals surface area contributed by atoms with E-state index >= 15 is 0 Å². The van der Waals surface area contributed by atoms with E-state index in [1.165, 1.54) is 6.07 Å². The molecular formula is C13H11N2NaO. The maximum absolute atomic E-state index is 11.2. The molecule has 0 atom stereocenters. The van der Waals surface area contributed by atoms with Crippen molar-refractivity contribution in [3.8, 4) is 5.75 Å². The third kappa shape index (κ3) is 3.97. The molecule has 0 radical (unpaired) electrons. The Labute approximate surface area is 123 Å². The minimum Gasteiger partial charge on any atom is -0.872 e. The largest absolute Gasteiger partial charge is 1.00 e. The second-order valence-electron chi connectivity index (χ2n) is 3.49. The molecule has 0 bridgehead atoms. The van der Waals surface area contributed by atoms with Crippen molar-refractivity contribution in [2.75, 3.05) is 0 Å². The third-order valence-electron chi connectivity index (χ3n) is 2.20. The molecule has 0 unspecified atom stereocenters. The van der Waals surface area contributed by atoms with Gasteiger partial charge in [-0.1, -0.05) is 29.8 Å². The van der Waals surface area contributed by atoms with E-state index in [1.807, 2.05) is 30.3 Å². The SMILES string of the molecule is Cc1cc(N=Nc2ccccc2)ccc1[O-].[Na+]. The summed E-state index contributed by atoms with van der Waals surface area (Å²) in [5, 5.41) is 19.3. The fourth-order valence-electron chi connectivity index (χ4n) is 1.31. The number of benzene rings is 2. The van der Waals surface area contributed by atoms with Gasteiger partial charge in [0.05, 0.1) is 11.4 Å². The van der Waals surface area contributed by atoms with Crippen molar-refractivity contribution in [2.45, 2.75) is 6.92 Å². The Morgan fingerprint density at radius 3 is 2.18 bits per heavy atom. The van der Waals surface area contributed by atoms with Crippen molar-refractivity contribution in [3.63, 3.8) is 0 Å². The fourth-order valence-corrected chi connectivity index (χ4v) is 1.31. The maximum atomic E-state index is 11.2. The monoisotopic (exact) mass is 234 g/mol. The van der Waals surface area contributed by atoms with Crippen molar-refractivity contribution in [1.82, 2.24) is 0 Å². The molecule has 0 heterocycles. The van der Waals surface area contributed by atoms with Crippen molar-refractivity contribution >= 4 is 11.4 Å². The van der Waals surface area contributed by atoms with Gasteiger partial charge in [0.15, 0.2) is 0 Å². The van der Waals surface area contributed by atoms with E-state index in [1.54, 1.807) is 19.1 Å². The van der Waals surface area contributed by atoms with E-state index in [0.29, 0.717) is 11.3 Å². The molecule has 0 aliphatic carbocycles. The van der Waals surface area contributed by atoms with Crippen LogP contribution in [-0.4, -0.2) is 0 Å². The van der Waals surface area contributed by atoms with Gasteiger partial charge in [0, 0.05) is 0 Å². The minimum absolute atomic E-state index is 0. The van der Waals surface area contributed by atoms with Gasteiger partial charge in [-0.15, -0.1) is 5.75 Å². The summed E-state index contributed by atoms with van der Waals surface area (Å²) in [6, 6.07) is 14.4. The smallest absolute Gasteiger partial charge is 0.872 e. The van der Waals surface area contributed by atoms with Gasteiger partial charge in [0.25, 0.3) is 0 Å². The van der Waals surface area contributed by atoms with E-state index in [4.69, 9.17) is 0 Å². The second-order valence-corrected chi connectivity index (χ2v) is 3.49. The van der Waals surface area contributed by atoms with Crippen LogP contribution >= 0.6 is 0 Å². The first-order valence-electron chi connectivity index (χ1n) is 5.00. The molecule has 0 saturated heterocycles. The third-order valence-corrected chi connectivity index (χ3v) is 2.20. The number of nitrogens with zero attached hydrogens (tertiary/aromatic N) is 2. The van der Waals surface area contributed by atoms with Crippen LogP contribution in [0.2, 0.25) is 0 Å². The van der Waals surface area contributed by atoms with Crippen LogP contribution in [0.5, 0.6) is 5.75 Å². The first kappa shape index (κ1) is 13.9. The molecule has 17 heavy (non-hydrogen) atoms. The van der Waals surface area contributed by atoms with Crippen molar-refractivity contribution in [1.29, 1.82) is 0 Å². The van der Waals surface area contributed by atoms with Gasteiger partial charge in [-0.25, -0.2) is 0 Å². The van der Waals surface area contributed by atoms with Gasteiger partial charge < -0.3 is 5.11 Å². The van der Waals surface area contributed by atoms with Crippen molar-refractivity contribution < 1.29 is 34.7 Å². The minimum atomic E-state index is 0. The number of hydrogen-bond donors (Lipinski definition) is 0. The molecule has 2 aromatic carbocycles. The zero-order valence-electron chi connectivity index (χ0n) is 9.92. The number of azo groups is 1. The van der Waals surface area contributed by atoms with E-state index in [9.17, 15) is 5.11 Å². The zero-order valence-corrected chi connectivity index (χ0v) is 11.9. The Hall–Kier alpha value is -1.16. The summed E-state index contributed by atoms with van der Waals surface area (Å²) in [5.74, 6) is 0.0265. The molecule has 0 aliphatic heterocycles. The van der Waals surface area contributed by atoms with Crippen LogP contribution in [0.4, 0.5) is 11.4 Å². The maximum Gasteiger partial charge on any atom is 1.00 e. The zero-order chi connectivity index (χ0) is 11.4. The molecule has 0 aromatic heterocycles. The molecule has 3 nitrogen and oxygen atoms in total. The van der Waals surface area contributed by atoms with Crippen molar-refractivity contribution in [3.05, 3.63) is 54.1 Å². The molecule has 0 fully saturated rings. The molecule has 0 spiro atoms. The predicted octanol–water partition coefficient (Wildman–Crippen LogP) is 0.488. The van der Waals surface area contributed by atoms with Crippen LogP contribution < -0.4 is 34.7 Å². The van der Waals surface area contributed by atoms with Gasteiger partial charge in [0.1, 0.15) is 0 Å². The molecule has 2 aromatic rings. The summed E-state index contributed by atoms with van der Waals surface area (Å²) >= 11 is 0. The number of aryl methyl sites for hydroxylation is 1. The molecular weight excluding hydrogens is 223 g/mol. The quantitative estimate of drug-likeness (QED) is 0.551. The van der Waals surface area contributed by atoms with E-state index in [2.05, 4.69) is 10.2 Å². The Morgan fingerprint density at radius 1 is 0.882 bits per heavy atom. The van der Waals surface area contributed by atoms with E-state index in [0.717, 1.165) is 5.69 Å². The van der Waals surface area contributed by atoms with Crippen LogP contribution in [0.1, 0.15) is 5.56 Å². The second kappa shape index (κ2) is 6.55. The summed E-state index contributed by atoms with van der Waals surface area (Å²) in [7, 11) is 0. The first-order chi connectivity index (χ1) is 7.75. The average Bonchev–Trinajstić information content (AvgIpc) is 2.32. The van der Waals surface area contributed by atoms with Crippen LogP contribution in [0, 0.1) is 6.92 Å². The standard InChI is InChI=1S/C13H12N2O.Na/c1-10-9-12(7-8-13(10)16)15-14-11-5-3-2-4-6-11;/h2-9,16H,1H3;/q;+1/p-1. The normalized spacial score (nSPS) is 10.2. The predicted molar refractivity (Wildman–Crippen MR) is 61.2 cm³/mol. The summed E-state index contributed by atoms with van der Waals surface area (Å²) in [6.07, 6.45) is 0. The number of rotatable bonds is 2. The van der Waals surface area contributed by atoms with E-state index < -0.39 is 0 Å². The number of hydrogen-bond acceptors (Lipinski definition) is 3. The van der Waals surface area contributed by atoms with Gasteiger partial charge in [0.2, 0.25) is 0 Å². The molecule has 0 amide bonds. The van der Waals surface area contributed by atoms with Gasteiger partial charge in [-0.2, -0.15) is 10.2 Å². The van der Waals surface area contributed by atoms with Crippen LogP contribution in [0.15, 0.2) is 58.8 Å². The summed E-state index contributed by atoms with van der Waals surface area (Å²) in [5.41, 5.74) is 2.18. The molecule has 2 rings (SSSR count). The topological polar surface area (TPSA) is 47.8 Å². The van der Waals surface area contributed by atoms with Gasteiger partial charge in [-0.05, 0) is 31.2 Å². The Morgan fingerprint density at radius 2 is 1.53 bits per heavy atom. The van der Waals surface area contributed by atoms with Crippen molar-refractivity contribution in [2.24, 2.45) is 10.2 Å². The summed E-state index contributed by atoms with van der Waals surface area (Å²) in [4.78, 5) is 0. The average molecular weight is 234 g/mol. The van der Waals surface area contributed by atoms with E-state index in [-0.39, 0.29) is 35.3 Å². The summed E-state index contributed by atoms with van der Waals surface area (Å²) in [6.45, 7) is 1.77. The molecule has 80 valence electrons. The summed E-state index contributed by atoms with van der Waals surface area (Å²) < 4.78 is 0. The Kier molecular flexibility index (Phi) is 5.35. The van der Waals surface area contributed by atoms with Crippen LogP contribution in [0.25, 0.3) is 0 Å². The molecule has 0 N–H and O–H groups in total. The molecule has 0 aliphatic rings. The first-order valence-corrected chi connectivity index (χ1v) is 5.00. The Bertz CT molecular complexity index is 512. The van der Waals surface area contributed by atoms with Gasteiger partial charge >= 0.3 is 29.6 Å². The van der Waals surface area contributed by atoms with Crippen LogP contribution in [0.3, 0.4) is 0 Å². The fraction of sp³-hybridized carbons (Fsp3) is 0.0769. The van der Waals surface area contributed by atoms with Crippen LogP contribution in [-0.2, 0) is 0 Å². The Balaban J connectivity index is 0.00000144. The molecule has 4 heteroatoms.